The van der Waals surface area contributed by atoms with Crippen molar-refractivity contribution in [2.75, 3.05) is 43.4 Å². The number of hydrogen-bond acceptors (Lipinski definition) is 6. The number of piperazine rings is 1. The molecule has 2 amide bonds. The Labute approximate surface area is 219 Å². The number of likely N-dealkylation sites (N-methyl/N-ethyl adjacent to an activating group) is 1. The van der Waals surface area contributed by atoms with Crippen LogP contribution in [0.4, 0.5) is 11.4 Å². The zero-order valence-electron chi connectivity index (χ0n) is 20.9. The largest absolute Gasteiger partial charge is 0.369 e. The van der Waals surface area contributed by atoms with Crippen LogP contribution >= 0.6 is 0 Å². The van der Waals surface area contributed by atoms with Gasteiger partial charge in [-0.05, 0) is 43.5 Å². The first-order valence-electron chi connectivity index (χ1n) is 12.5. The summed E-state index contributed by atoms with van der Waals surface area (Å²) in [6.07, 6.45) is 5.10. The van der Waals surface area contributed by atoms with E-state index in [2.05, 4.69) is 42.4 Å². The molecule has 0 unspecified atom stereocenters. The number of amides is 2. The molecular formula is C29H27N7O2. The summed E-state index contributed by atoms with van der Waals surface area (Å²) in [6, 6.07) is 19.0. The molecule has 38 heavy (non-hydrogen) atoms. The van der Waals surface area contributed by atoms with E-state index in [0.29, 0.717) is 28.4 Å². The van der Waals surface area contributed by atoms with Gasteiger partial charge in [0.25, 0.3) is 11.8 Å². The Balaban J connectivity index is 1.19. The number of H-pyrrole nitrogens is 1. The molecule has 6 rings (SSSR count). The number of nitrogens with one attached hydrogen (secondary N) is 3. The van der Waals surface area contributed by atoms with Crippen molar-refractivity contribution >= 4 is 46.1 Å². The number of anilines is 2. The summed E-state index contributed by atoms with van der Waals surface area (Å²) in [4.78, 5) is 42.2. The Morgan fingerprint density at radius 1 is 1.03 bits per heavy atom. The van der Waals surface area contributed by atoms with E-state index in [-0.39, 0.29) is 11.8 Å². The van der Waals surface area contributed by atoms with Crippen molar-refractivity contribution in [1.29, 1.82) is 0 Å². The van der Waals surface area contributed by atoms with Gasteiger partial charge < -0.3 is 25.4 Å². The SMILES string of the molecule is CN1CCN(c2ccc(C(=O)Nc3cnc4[nH]cc(/C=C5/N=C(c6ccccc6)NC5=O)c4c3)cc2)CC1. The lowest BCUT2D eigenvalue weighted by Crippen LogP contribution is -2.44. The molecule has 0 spiro atoms. The van der Waals surface area contributed by atoms with Crippen LogP contribution in [-0.4, -0.2) is 65.7 Å². The van der Waals surface area contributed by atoms with E-state index in [4.69, 9.17) is 0 Å². The van der Waals surface area contributed by atoms with Gasteiger partial charge >= 0.3 is 0 Å². The molecule has 2 aliphatic rings. The Bertz CT molecular complexity index is 1560. The third-order valence-electron chi connectivity index (χ3n) is 6.86. The zero-order chi connectivity index (χ0) is 26.1. The number of fused-ring (bicyclic) bond motifs is 1. The number of aromatic amines is 1. The first-order valence-corrected chi connectivity index (χ1v) is 12.5. The number of rotatable bonds is 5. The molecule has 0 atom stereocenters. The van der Waals surface area contributed by atoms with Crippen LogP contribution in [0.25, 0.3) is 17.1 Å². The van der Waals surface area contributed by atoms with Crippen LogP contribution in [0.15, 0.2) is 83.7 Å². The van der Waals surface area contributed by atoms with E-state index in [1.807, 2.05) is 60.7 Å². The fourth-order valence-electron chi connectivity index (χ4n) is 4.65. The number of aliphatic imine (C=N–C) groups is 1. The standard InChI is InChI=1S/C29H27N7O2/c1-35-11-13-36(14-12-35)23-9-7-20(8-10-23)28(37)32-22-16-24-21(17-30-27(24)31-18-22)15-25-29(38)34-26(33-25)19-5-3-2-4-6-19/h2-10,15-18H,11-14H2,1H3,(H,30,31)(H,32,37)(H,33,34,38)/b25-15+. The van der Waals surface area contributed by atoms with E-state index < -0.39 is 0 Å². The quantitative estimate of drug-likeness (QED) is 0.360. The van der Waals surface area contributed by atoms with E-state index in [9.17, 15) is 9.59 Å². The van der Waals surface area contributed by atoms with Gasteiger partial charge in [0.1, 0.15) is 17.2 Å². The number of carbonyl (C=O) groups is 2. The molecule has 0 bridgehead atoms. The Morgan fingerprint density at radius 2 is 1.79 bits per heavy atom. The predicted molar refractivity (Wildman–Crippen MR) is 149 cm³/mol. The van der Waals surface area contributed by atoms with E-state index in [0.717, 1.165) is 48.4 Å². The lowest BCUT2D eigenvalue weighted by atomic mass is 10.1. The van der Waals surface area contributed by atoms with Gasteiger partial charge in [0.2, 0.25) is 0 Å². The van der Waals surface area contributed by atoms with Gasteiger partial charge in [-0.3, -0.25) is 9.59 Å². The van der Waals surface area contributed by atoms with E-state index >= 15 is 0 Å². The van der Waals surface area contributed by atoms with Gasteiger partial charge in [0, 0.05) is 60.1 Å². The van der Waals surface area contributed by atoms with Crippen LogP contribution in [0.1, 0.15) is 21.5 Å². The second-order valence-electron chi connectivity index (χ2n) is 9.47. The molecule has 0 radical (unpaired) electrons. The maximum Gasteiger partial charge on any atom is 0.275 e. The number of carbonyl (C=O) groups excluding carboxylic acids is 2. The van der Waals surface area contributed by atoms with Crippen molar-refractivity contribution in [2.45, 2.75) is 0 Å². The average molecular weight is 506 g/mol. The molecular weight excluding hydrogens is 478 g/mol. The highest BCUT2D eigenvalue weighted by molar-refractivity contribution is 6.20. The van der Waals surface area contributed by atoms with E-state index in [1.165, 1.54) is 0 Å². The third kappa shape index (κ3) is 4.79. The van der Waals surface area contributed by atoms with Crippen LogP contribution in [0.5, 0.6) is 0 Å². The number of pyridine rings is 1. The van der Waals surface area contributed by atoms with Crippen LogP contribution in [0, 0.1) is 0 Å². The van der Waals surface area contributed by atoms with Gasteiger partial charge in [0.05, 0.1) is 11.9 Å². The van der Waals surface area contributed by atoms with Gasteiger partial charge in [-0.2, -0.15) is 0 Å². The van der Waals surface area contributed by atoms with Crippen molar-refractivity contribution in [3.8, 4) is 0 Å². The minimum absolute atomic E-state index is 0.209. The Hall–Kier alpha value is -4.76. The van der Waals surface area contributed by atoms with Gasteiger partial charge in [0.15, 0.2) is 0 Å². The van der Waals surface area contributed by atoms with Gasteiger partial charge in [-0.15, -0.1) is 0 Å². The smallest absolute Gasteiger partial charge is 0.275 e. The predicted octanol–water partition coefficient (Wildman–Crippen LogP) is 3.48. The maximum absolute atomic E-state index is 12.9. The lowest BCUT2D eigenvalue weighted by molar-refractivity contribution is -0.115. The molecule has 2 aromatic heterocycles. The molecule has 4 heterocycles. The number of hydrogen-bond donors (Lipinski definition) is 3. The summed E-state index contributed by atoms with van der Waals surface area (Å²) in [5, 5.41) is 6.53. The molecule has 2 aliphatic heterocycles. The monoisotopic (exact) mass is 505 g/mol. The van der Waals surface area contributed by atoms with Crippen LogP contribution < -0.4 is 15.5 Å². The minimum Gasteiger partial charge on any atom is -0.369 e. The molecule has 3 N–H and O–H groups in total. The second-order valence-corrected chi connectivity index (χ2v) is 9.47. The lowest BCUT2D eigenvalue weighted by Gasteiger charge is -2.34. The summed E-state index contributed by atoms with van der Waals surface area (Å²) in [5.74, 6) is 0.0424. The van der Waals surface area contributed by atoms with Crippen LogP contribution in [0.3, 0.4) is 0 Å². The third-order valence-corrected chi connectivity index (χ3v) is 6.86. The van der Waals surface area contributed by atoms with Crippen molar-refractivity contribution in [3.05, 3.63) is 95.4 Å². The van der Waals surface area contributed by atoms with Crippen molar-refractivity contribution in [2.24, 2.45) is 4.99 Å². The van der Waals surface area contributed by atoms with Crippen LogP contribution in [0.2, 0.25) is 0 Å². The summed E-state index contributed by atoms with van der Waals surface area (Å²) in [7, 11) is 2.13. The van der Waals surface area contributed by atoms with Crippen molar-refractivity contribution in [1.82, 2.24) is 20.2 Å². The topological polar surface area (TPSA) is 106 Å². The first-order chi connectivity index (χ1) is 18.5. The molecule has 9 nitrogen and oxygen atoms in total. The Morgan fingerprint density at radius 3 is 2.55 bits per heavy atom. The maximum atomic E-state index is 12.9. The molecule has 2 aromatic carbocycles. The minimum atomic E-state index is -0.268. The Kier molecular flexibility index (Phi) is 6.19. The fraction of sp³-hybridized carbons (Fsp3) is 0.172. The number of aromatic nitrogens is 2. The second kappa shape index (κ2) is 9.95. The zero-order valence-corrected chi connectivity index (χ0v) is 20.9. The highest BCUT2D eigenvalue weighted by Crippen LogP contribution is 2.25. The molecule has 0 aliphatic carbocycles. The van der Waals surface area contributed by atoms with Crippen molar-refractivity contribution < 1.29 is 9.59 Å². The number of nitrogens with zero attached hydrogens (tertiary/aromatic N) is 4. The molecule has 0 saturated carbocycles. The molecule has 1 fully saturated rings. The highest BCUT2D eigenvalue weighted by atomic mass is 16.2. The normalized spacial score (nSPS) is 17.1. The molecule has 190 valence electrons. The van der Waals surface area contributed by atoms with Crippen LogP contribution in [-0.2, 0) is 4.79 Å². The average Bonchev–Trinajstić information content (AvgIpc) is 3.52. The summed E-state index contributed by atoms with van der Waals surface area (Å²) in [6.45, 7) is 4.01. The summed E-state index contributed by atoms with van der Waals surface area (Å²) < 4.78 is 0. The molecule has 4 aromatic rings. The van der Waals surface area contributed by atoms with E-state index in [1.54, 1.807) is 18.5 Å². The first kappa shape index (κ1) is 23.6. The summed E-state index contributed by atoms with van der Waals surface area (Å²) in [5.41, 5.74) is 4.81. The van der Waals surface area contributed by atoms with Crippen molar-refractivity contribution in [3.63, 3.8) is 0 Å². The van der Waals surface area contributed by atoms with Gasteiger partial charge in [-0.1, -0.05) is 30.3 Å². The molecule has 1 saturated heterocycles. The molecule has 9 heteroatoms. The fourth-order valence-corrected chi connectivity index (χ4v) is 4.65. The number of benzene rings is 2. The van der Waals surface area contributed by atoms with Gasteiger partial charge in [-0.25, -0.2) is 9.98 Å². The number of amidine groups is 1. The summed E-state index contributed by atoms with van der Waals surface area (Å²) >= 11 is 0. The highest BCUT2D eigenvalue weighted by Gasteiger charge is 2.21.